The fourth-order valence-electron chi connectivity index (χ4n) is 3.33. The highest BCUT2D eigenvalue weighted by Gasteiger charge is 2.25. The van der Waals surface area contributed by atoms with Crippen LogP contribution in [0.3, 0.4) is 0 Å². The topological polar surface area (TPSA) is 64.7 Å². The number of phenols is 1. The zero-order valence-corrected chi connectivity index (χ0v) is 11.6. The predicted octanol–water partition coefficient (Wildman–Crippen LogP) is 2.98. The molecule has 1 unspecified atom stereocenters. The van der Waals surface area contributed by atoms with Crippen LogP contribution in [0.15, 0.2) is 30.3 Å². The van der Waals surface area contributed by atoms with Crippen molar-refractivity contribution < 1.29 is 14.6 Å². The number of aromatic hydroxyl groups is 1. The largest absolute Gasteiger partial charge is 0.508 e. The van der Waals surface area contributed by atoms with Gasteiger partial charge < -0.3 is 20.3 Å². The van der Waals surface area contributed by atoms with Crippen LogP contribution in [0.5, 0.6) is 17.2 Å². The Labute approximate surface area is 123 Å². The number of ether oxygens (including phenoxy) is 2. The molecule has 4 nitrogen and oxygen atoms in total. The van der Waals surface area contributed by atoms with E-state index in [1.54, 1.807) is 6.07 Å². The van der Waals surface area contributed by atoms with Gasteiger partial charge in [0.05, 0.1) is 0 Å². The highest BCUT2D eigenvalue weighted by molar-refractivity contribution is 5.60. The molecule has 0 aromatic heterocycles. The second-order valence-electron chi connectivity index (χ2n) is 5.73. The molecule has 1 aliphatic carbocycles. The van der Waals surface area contributed by atoms with Crippen molar-refractivity contribution in [2.45, 2.75) is 25.2 Å². The number of hydrogen-bond donors (Lipinski definition) is 2. The van der Waals surface area contributed by atoms with Crippen LogP contribution in [0.25, 0.3) is 0 Å². The van der Waals surface area contributed by atoms with Gasteiger partial charge in [-0.05, 0) is 60.1 Å². The standard InChI is InChI=1S/C17H17NO3/c18-15-8-17-16(20-9-21-17)7-14(15)12-2-1-11-6-13(19)4-3-10(11)5-12/h3-4,6-8,12,19H,1-2,5,9,18H2. The van der Waals surface area contributed by atoms with Crippen molar-refractivity contribution >= 4 is 5.69 Å². The van der Waals surface area contributed by atoms with Crippen LogP contribution in [-0.2, 0) is 12.8 Å². The second kappa shape index (κ2) is 4.58. The molecule has 2 aromatic rings. The highest BCUT2D eigenvalue weighted by atomic mass is 16.7. The number of fused-ring (bicyclic) bond motifs is 2. The van der Waals surface area contributed by atoms with Crippen molar-refractivity contribution in [2.24, 2.45) is 0 Å². The third-order valence-electron chi connectivity index (χ3n) is 4.44. The van der Waals surface area contributed by atoms with Crippen molar-refractivity contribution in [1.82, 2.24) is 0 Å². The van der Waals surface area contributed by atoms with Crippen LogP contribution in [-0.4, -0.2) is 11.9 Å². The number of hydrogen-bond acceptors (Lipinski definition) is 4. The van der Waals surface area contributed by atoms with E-state index in [2.05, 4.69) is 0 Å². The molecule has 1 heterocycles. The first-order chi connectivity index (χ1) is 10.2. The van der Waals surface area contributed by atoms with E-state index in [0.717, 1.165) is 42.0 Å². The molecule has 21 heavy (non-hydrogen) atoms. The lowest BCUT2D eigenvalue weighted by atomic mass is 9.79. The van der Waals surface area contributed by atoms with E-state index in [-0.39, 0.29) is 6.79 Å². The minimum absolute atomic E-state index is 0.269. The lowest BCUT2D eigenvalue weighted by Gasteiger charge is -2.26. The first-order valence-electron chi connectivity index (χ1n) is 7.20. The molecular weight excluding hydrogens is 266 g/mol. The van der Waals surface area contributed by atoms with Crippen molar-refractivity contribution in [2.75, 3.05) is 12.5 Å². The highest BCUT2D eigenvalue weighted by Crippen LogP contribution is 2.42. The van der Waals surface area contributed by atoms with Crippen LogP contribution in [0, 0.1) is 0 Å². The number of nitrogens with two attached hydrogens (primary N) is 1. The lowest BCUT2D eigenvalue weighted by Crippen LogP contribution is -2.14. The van der Waals surface area contributed by atoms with Crippen molar-refractivity contribution in [3.63, 3.8) is 0 Å². The Balaban J connectivity index is 1.68. The Kier molecular flexibility index (Phi) is 2.70. The maximum atomic E-state index is 9.57. The number of nitrogen functional groups attached to an aromatic ring is 1. The van der Waals surface area contributed by atoms with Crippen molar-refractivity contribution in [3.8, 4) is 17.2 Å². The van der Waals surface area contributed by atoms with Crippen molar-refractivity contribution in [3.05, 3.63) is 47.0 Å². The van der Waals surface area contributed by atoms with Crippen LogP contribution < -0.4 is 15.2 Å². The van der Waals surface area contributed by atoms with Gasteiger partial charge in [0.1, 0.15) is 5.75 Å². The molecule has 4 heteroatoms. The number of rotatable bonds is 1. The Bertz CT molecular complexity index is 711. The van der Waals surface area contributed by atoms with E-state index < -0.39 is 0 Å². The molecule has 4 rings (SSSR count). The number of aryl methyl sites for hydroxylation is 1. The maximum Gasteiger partial charge on any atom is 0.231 e. The minimum atomic E-state index is 0.269. The van der Waals surface area contributed by atoms with E-state index >= 15 is 0 Å². The van der Waals surface area contributed by atoms with Gasteiger partial charge >= 0.3 is 0 Å². The molecule has 108 valence electrons. The monoisotopic (exact) mass is 283 g/mol. The number of benzene rings is 2. The summed E-state index contributed by atoms with van der Waals surface area (Å²) in [5.74, 6) is 2.25. The summed E-state index contributed by atoms with van der Waals surface area (Å²) in [6.45, 7) is 0.269. The summed E-state index contributed by atoms with van der Waals surface area (Å²) >= 11 is 0. The first-order valence-corrected chi connectivity index (χ1v) is 7.20. The summed E-state index contributed by atoms with van der Waals surface area (Å²) in [7, 11) is 0. The van der Waals surface area contributed by atoms with E-state index in [0.29, 0.717) is 11.7 Å². The fourth-order valence-corrected chi connectivity index (χ4v) is 3.33. The molecule has 3 N–H and O–H groups in total. The molecule has 1 aliphatic heterocycles. The Hall–Kier alpha value is -2.36. The molecule has 0 saturated heterocycles. The van der Waals surface area contributed by atoms with E-state index in [4.69, 9.17) is 15.2 Å². The van der Waals surface area contributed by atoms with Gasteiger partial charge in [-0.15, -0.1) is 0 Å². The van der Waals surface area contributed by atoms with Crippen molar-refractivity contribution in [1.29, 1.82) is 0 Å². The van der Waals surface area contributed by atoms with Gasteiger partial charge in [0.25, 0.3) is 0 Å². The summed E-state index contributed by atoms with van der Waals surface area (Å²) in [5.41, 5.74) is 10.6. The van der Waals surface area contributed by atoms with Crippen LogP contribution >= 0.6 is 0 Å². The molecule has 1 atom stereocenters. The molecule has 0 radical (unpaired) electrons. The molecule has 2 aromatic carbocycles. The van der Waals surface area contributed by atoms with E-state index in [9.17, 15) is 5.11 Å². The van der Waals surface area contributed by atoms with Crippen LogP contribution in [0.4, 0.5) is 5.69 Å². The average Bonchev–Trinajstić information content (AvgIpc) is 2.93. The van der Waals surface area contributed by atoms with Gasteiger partial charge in [-0.3, -0.25) is 0 Å². The molecular formula is C17H17NO3. The van der Waals surface area contributed by atoms with E-state index in [1.807, 2.05) is 24.3 Å². The molecule has 0 saturated carbocycles. The Morgan fingerprint density at radius 2 is 1.86 bits per heavy atom. The SMILES string of the molecule is Nc1cc2c(cc1C1CCc3cc(O)ccc3C1)OCO2. The summed E-state index contributed by atoms with van der Waals surface area (Å²) in [6.07, 6.45) is 2.93. The zero-order chi connectivity index (χ0) is 14.4. The maximum absolute atomic E-state index is 9.57. The molecule has 0 amide bonds. The normalized spacial score (nSPS) is 19.3. The average molecular weight is 283 g/mol. The summed E-state index contributed by atoms with van der Waals surface area (Å²) in [5, 5.41) is 9.57. The van der Waals surface area contributed by atoms with Crippen LogP contribution in [0.1, 0.15) is 29.0 Å². The zero-order valence-electron chi connectivity index (χ0n) is 11.6. The van der Waals surface area contributed by atoms with Gasteiger partial charge in [-0.25, -0.2) is 0 Å². The van der Waals surface area contributed by atoms with Gasteiger partial charge in [-0.1, -0.05) is 6.07 Å². The molecule has 2 aliphatic rings. The number of phenolic OH excluding ortho intramolecular Hbond substituents is 1. The minimum Gasteiger partial charge on any atom is -0.508 e. The fraction of sp³-hybridized carbons (Fsp3) is 0.294. The van der Waals surface area contributed by atoms with Gasteiger partial charge in [0, 0.05) is 11.8 Å². The Morgan fingerprint density at radius 3 is 2.71 bits per heavy atom. The molecule has 0 spiro atoms. The first kappa shape index (κ1) is 12.4. The summed E-state index contributed by atoms with van der Waals surface area (Å²) in [6, 6.07) is 9.52. The summed E-state index contributed by atoms with van der Waals surface area (Å²) in [4.78, 5) is 0. The van der Waals surface area contributed by atoms with Gasteiger partial charge in [0.15, 0.2) is 11.5 Å². The predicted molar refractivity (Wildman–Crippen MR) is 79.9 cm³/mol. The quantitative estimate of drug-likeness (QED) is 0.790. The second-order valence-corrected chi connectivity index (χ2v) is 5.73. The van der Waals surface area contributed by atoms with E-state index in [1.165, 1.54) is 11.1 Å². The van der Waals surface area contributed by atoms with Gasteiger partial charge in [-0.2, -0.15) is 0 Å². The van der Waals surface area contributed by atoms with Crippen LogP contribution in [0.2, 0.25) is 0 Å². The Morgan fingerprint density at radius 1 is 1.05 bits per heavy atom. The third kappa shape index (κ3) is 2.07. The summed E-state index contributed by atoms with van der Waals surface area (Å²) < 4.78 is 10.8. The number of anilines is 1. The van der Waals surface area contributed by atoms with Gasteiger partial charge in [0.2, 0.25) is 6.79 Å². The smallest absolute Gasteiger partial charge is 0.231 e. The molecule has 0 bridgehead atoms. The third-order valence-corrected chi connectivity index (χ3v) is 4.44. The lowest BCUT2D eigenvalue weighted by molar-refractivity contribution is 0.174. The molecule has 0 fully saturated rings.